The van der Waals surface area contributed by atoms with Crippen molar-refractivity contribution < 1.29 is 0 Å². The molecule has 0 atom stereocenters. The second-order valence-corrected chi connectivity index (χ2v) is 4.43. The summed E-state index contributed by atoms with van der Waals surface area (Å²) in [5, 5.41) is 4.19. The number of hydrogen-bond acceptors (Lipinski definition) is 2. The number of hydrogen-bond donors (Lipinski definition) is 1. The fourth-order valence-corrected chi connectivity index (χ4v) is 1.79. The van der Waals surface area contributed by atoms with Gasteiger partial charge in [-0.15, -0.1) is 0 Å². The first-order valence-electron chi connectivity index (χ1n) is 5.64. The Labute approximate surface area is 107 Å². The van der Waals surface area contributed by atoms with Crippen LogP contribution in [0.2, 0.25) is 5.02 Å². The number of aromatic nitrogens is 1. The van der Waals surface area contributed by atoms with Gasteiger partial charge in [0.2, 0.25) is 0 Å². The third-order valence-corrected chi connectivity index (χ3v) is 2.91. The van der Waals surface area contributed by atoms with E-state index in [2.05, 4.69) is 29.4 Å². The lowest BCUT2D eigenvalue weighted by atomic mass is 10.1. The molecule has 2 nitrogen and oxygen atoms in total. The molecule has 1 aromatic carbocycles. The van der Waals surface area contributed by atoms with Crippen molar-refractivity contribution in [2.45, 2.75) is 13.3 Å². The quantitative estimate of drug-likeness (QED) is 0.890. The summed E-state index contributed by atoms with van der Waals surface area (Å²) in [6, 6.07) is 9.97. The van der Waals surface area contributed by atoms with Crippen LogP contribution in [0.4, 0.5) is 5.69 Å². The van der Waals surface area contributed by atoms with Gasteiger partial charge in [0.1, 0.15) is 0 Å². The number of anilines is 1. The molecule has 2 aromatic rings. The predicted molar refractivity (Wildman–Crippen MR) is 72.6 cm³/mol. The zero-order valence-corrected chi connectivity index (χ0v) is 10.5. The lowest BCUT2D eigenvalue weighted by molar-refractivity contribution is 1.01. The van der Waals surface area contributed by atoms with Crippen molar-refractivity contribution in [2.24, 2.45) is 0 Å². The highest BCUT2D eigenvalue weighted by Gasteiger charge is 1.97. The van der Waals surface area contributed by atoms with Gasteiger partial charge in [0.05, 0.1) is 0 Å². The Hall–Kier alpha value is -1.54. The van der Waals surface area contributed by atoms with Gasteiger partial charge in [0.25, 0.3) is 0 Å². The van der Waals surface area contributed by atoms with Gasteiger partial charge in [0.15, 0.2) is 0 Å². The number of halogens is 1. The molecule has 0 saturated carbocycles. The molecule has 0 aliphatic carbocycles. The van der Waals surface area contributed by atoms with Gasteiger partial charge in [-0.1, -0.05) is 23.7 Å². The van der Waals surface area contributed by atoms with Crippen molar-refractivity contribution in [1.29, 1.82) is 0 Å². The average molecular weight is 247 g/mol. The van der Waals surface area contributed by atoms with Gasteiger partial charge in [-0.2, -0.15) is 0 Å². The lowest BCUT2D eigenvalue weighted by Gasteiger charge is -2.08. The maximum atomic E-state index is 5.84. The first kappa shape index (κ1) is 11.9. The Kier molecular flexibility index (Phi) is 3.99. The molecular weight excluding hydrogens is 232 g/mol. The molecule has 0 spiro atoms. The van der Waals surface area contributed by atoms with Gasteiger partial charge in [-0.25, -0.2) is 0 Å². The summed E-state index contributed by atoms with van der Waals surface area (Å²) in [6.07, 6.45) is 4.65. The van der Waals surface area contributed by atoms with Gasteiger partial charge in [0, 0.05) is 29.6 Å². The van der Waals surface area contributed by atoms with Crippen LogP contribution in [-0.4, -0.2) is 11.5 Å². The topological polar surface area (TPSA) is 24.9 Å². The molecule has 0 unspecified atom stereocenters. The van der Waals surface area contributed by atoms with Gasteiger partial charge >= 0.3 is 0 Å². The van der Waals surface area contributed by atoms with E-state index in [0.717, 1.165) is 23.7 Å². The summed E-state index contributed by atoms with van der Waals surface area (Å²) in [4.78, 5) is 4.07. The highest BCUT2D eigenvalue weighted by atomic mass is 35.5. The highest BCUT2D eigenvalue weighted by Crippen LogP contribution is 2.13. The summed E-state index contributed by atoms with van der Waals surface area (Å²) in [5.74, 6) is 0. The van der Waals surface area contributed by atoms with Crippen molar-refractivity contribution in [3.05, 3.63) is 58.9 Å². The minimum Gasteiger partial charge on any atom is -0.384 e. The number of rotatable bonds is 4. The molecule has 0 amide bonds. The summed E-state index contributed by atoms with van der Waals surface area (Å²) in [7, 11) is 0. The van der Waals surface area contributed by atoms with E-state index in [4.69, 9.17) is 11.6 Å². The molecule has 0 saturated heterocycles. The second kappa shape index (κ2) is 5.69. The summed E-state index contributed by atoms with van der Waals surface area (Å²) in [5.41, 5.74) is 3.60. The molecule has 0 aliphatic rings. The van der Waals surface area contributed by atoms with Gasteiger partial charge in [-0.05, 0) is 42.7 Å². The fourth-order valence-electron chi connectivity index (χ4n) is 1.66. The molecule has 0 aliphatic heterocycles. The summed E-state index contributed by atoms with van der Waals surface area (Å²) in [6.45, 7) is 2.96. The molecule has 0 radical (unpaired) electrons. The summed E-state index contributed by atoms with van der Waals surface area (Å²) >= 11 is 5.84. The van der Waals surface area contributed by atoms with E-state index in [-0.39, 0.29) is 0 Å². The largest absolute Gasteiger partial charge is 0.384 e. The number of nitrogens with zero attached hydrogens (tertiary/aromatic N) is 1. The van der Waals surface area contributed by atoms with Crippen LogP contribution in [0.15, 0.2) is 42.7 Å². The van der Waals surface area contributed by atoms with Crippen LogP contribution in [0.25, 0.3) is 0 Å². The Morgan fingerprint density at radius 2 is 1.94 bits per heavy atom. The predicted octanol–water partition coefficient (Wildman–Crippen LogP) is 3.70. The van der Waals surface area contributed by atoms with Crippen LogP contribution < -0.4 is 5.32 Å². The van der Waals surface area contributed by atoms with Crippen molar-refractivity contribution >= 4 is 17.3 Å². The monoisotopic (exact) mass is 246 g/mol. The first-order chi connectivity index (χ1) is 8.25. The van der Waals surface area contributed by atoms with E-state index in [9.17, 15) is 0 Å². The molecule has 1 heterocycles. The van der Waals surface area contributed by atoms with E-state index in [1.54, 1.807) is 6.20 Å². The van der Waals surface area contributed by atoms with Gasteiger partial charge < -0.3 is 5.32 Å². The maximum absolute atomic E-state index is 5.84. The smallest absolute Gasteiger partial charge is 0.0406 e. The summed E-state index contributed by atoms with van der Waals surface area (Å²) < 4.78 is 0. The fraction of sp³-hybridized carbons (Fsp3) is 0.214. The van der Waals surface area contributed by atoms with E-state index in [1.165, 1.54) is 11.1 Å². The Morgan fingerprint density at radius 3 is 2.65 bits per heavy atom. The molecule has 0 bridgehead atoms. The van der Waals surface area contributed by atoms with Gasteiger partial charge in [-0.3, -0.25) is 4.98 Å². The van der Waals surface area contributed by atoms with Crippen molar-refractivity contribution in [2.75, 3.05) is 11.9 Å². The normalized spacial score (nSPS) is 10.2. The van der Waals surface area contributed by atoms with E-state index < -0.39 is 0 Å². The zero-order chi connectivity index (χ0) is 12.1. The first-order valence-corrected chi connectivity index (χ1v) is 6.02. The average Bonchev–Trinajstić information content (AvgIpc) is 2.34. The number of pyridine rings is 1. The second-order valence-electron chi connectivity index (χ2n) is 3.99. The number of nitrogens with one attached hydrogen (secondary N) is 1. The molecule has 17 heavy (non-hydrogen) atoms. The third-order valence-electron chi connectivity index (χ3n) is 2.66. The molecule has 1 aromatic heterocycles. The maximum Gasteiger partial charge on any atom is 0.0406 e. The minimum absolute atomic E-state index is 0.784. The van der Waals surface area contributed by atoms with Crippen LogP contribution in [0.1, 0.15) is 11.1 Å². The SMILES string of the molecule is Cc1cnccc1NCCc1ccc(Cl)cc1. The Balaban J connectivity index is 1.88. The lowest BCUT2D eigenvalue weighted by Crippen LogP contribution is -2.06. The van der Waals surface area contributed by atoms with Crippen LogP contribution in [0.3, 0.4) is 0 Å². The van der Waals surface area contributed by atoms with E-state index in [0.29, 0.717) is 0 Å². The van der Waals surface area contributed by atoms with Crippen LogP contribution in [0, 0.1) is 6.92 Å². The molecule has 0 fully saturated rings. The third kappa shape index (κ3) is 3.46. The van der Waals surface area contributed by atoms with Crippen molar-refractivity contribution in [3.63, 3.8) is 0 Å². The van der Waals surface area contributed by atoms with E-state index >= 15 is 0 Å². The Bertz CT molecular complexity index is 480. The molecule has 1 N–H and O–H groups in total. The molecule has 3 heteroatoms. The van der Waals surface area contributed by atoms with Crippen molar-refractivity contribution in [3.8, 4) is 0 Å². The van der Waals surface area contributed by atoms with Crippen LogP contribution >= 0.6 is 11.6 Å². The van der Waals surface area contributed by atoms with Crippen molar-refractivity contribution in [1.82, 2.24) is 4.98 Å². The number of aryl methyl sites for hydroxylation is 1. The minimum atomic E-state index is 0.784. The highest BCUT2D eigenvalue weighted by molar-refractivity contribution is 6.30. The Morgan fingerprint density at radius 1 is 1.18 bits per heavy atom. The number of benzene rings is 1. The van der Waals surface area contributed by atoms with Crippen LogP contribution in [0.5, 0.6) is 0 Å². The van der Waals surface area contributed by atoms with E-state index in [1.807, 2.05) is 24.4 Å². The van der Waals surface area contributed by atoms with Crippen LogP contribution in [-0.2, 0) is 6.42 Å². The zero-order valence-electron chi connectivity index (χ0n) is 9.78. The standard InChI is InChI=1S/C14H15ClN2/c1-11-10-16-8-7-14(11)17-9-6-12-2-4-13(15)5-3-12/h2-5,7-8,10H,6,9H2,1H3,(H,16,17). The molecule has 88 valence electrons. The molecule has 2 rings (SSSR count). The molecular formula is C14H15ClN2.